The lowest BCUT2D eigenvalue weighted by Crippen LogP contribution is -2.15. The highest BCUT2D eigenvalue weighted by Gasteiger charge is 2.24. The van der Waals surface area contributed by atoms with Gasteiger partial charge in [0.15, 0.2) is 23.0 Å². The van der Waals surface area contributed by atoms with Crippen LogP contribution in [0, 0.1) is 0 Å². The van der Waals surface area contributed by atoms with Crippen molar-refractivity contribution in [2.45, 2.75) is 0 Å². The maximum Gasteiger partial charge on any atom is 0.233 e. The minimum Gasteiger partial charge on any atom is -0.497 e. The molecule has 226 valence electrons. The molecule has 0 spiro atoms. The molecule has 4 aromatic carbocycles. The third kappa shape index (κ3) is 6.39. The topological polar surface area (TPSA) is 124 Å². The number of methoxy groups -OCH3 is 6. The Morgan fingerprint density at radius 2 is 0.705 bits per heavy atom. The summed E-state index contributed by atoms with van der Waals surface area (Å²) in [6.07, 6.45) is 0. The Hall–Kier alpha value is -5.64. The van der Waals surface area contributed by atoms with Crippen LogP contribution in [0.1, 0.15) is 41.4 Å². The second-order valence-corrected chi connectivity index (χ2v) is 9.36. The molecule has 0 aliphatic heterocycles. The Morgan fingerprint density at radius 3 is 1.02 bits per heavy atom. The number of hydrogen-bond donors (Lipinski definition) is 0. The van der Waals surface area contributed by atoms with Crippen LogP contribution in [0.5, 0.6) is 34.5 Å². The Bertz CT molecular complexity index is 1630. The van der Waals surface area contributed by atoms with Gasteiger partial charge in [0.2, 0.25) is 23.1 Å². The van der Waals surface area contributed by atoms with Crippen LogP contribution < -0.4 is 28.4 Å². The summed E-state index contributed by atoms with van der Waals surface area (Å²) in [5.74, 6) is -1.12. The summed E-state index contributed by atoms with van der Waals surface area (Å²) in [6.45, 7) is 0. The van der Waals surface area contributed by atoms with Crippen molar-refractivity contribution in [2.75, 3.05) is 42.7 Å². The molecule has 0 unspecified atom stereocenters. The van der Waals surface area contributed by atoms with Gasteiger partial charge >= 0.3 is 0 Å². The standard InChI is InChI=1S/C34H30O10/c1-39-25-13-21(11-23(15-25)33(37)31(35)19-7-9-27(41-3)29(17-19)43-5)22-12-24(16-26(14-22)40-2)34(38)32(36)20-8-10-28(42-4)30(18-20)44-6/h7-18H,1-6H3. The fraction of sp³-hybridized carbons (Fsp3) is 0.176. The van der Waals surface area contributed by atoms with E-state index in [0.717, 1.165) is 0 Å². The first-order chi connectivity index (χ1) is 21.2. The van der Waals surface area contributed by atoms with Crippen molar-refractivity contribution >= 4 is 23.1 Å². The molecular formula is C34H30O10. The fourth-order valence-corrected chi connectivity index (χ4v) is 4.51. The molecule has 0 aliphatic carbocycles. The minimum atomic E-state index is -0.791. The Morgan fingerprint density at radius 1 is 0.364 bits per heavy atom. The van der Waals surface area contributed by atoms with Crippen LogP contribution in [0.2, 0.25) is 0 Å². The van der Waals surface area contributed by atoms with Crippen LogP contribution in [0.4, 0.5) is 0 Å². The zero-order valence-corrected chi connectivity index (χ0v) is 25.0. The van der Waals surface area contributed by atoms with E-state index >= 15 is 0 Å². The predicted molar refractivity (Wildman–Crippen MR) is 161 cm³/mol. The van der Waals surface area contributed by atoms with Crippen LogP contribution in [-0.2, 0) is 0 Å². The number of ether oxygens (including phenoxy) is 6. The van der Waals surface area contributed by atoms with E-state index in [4.69, 9.17) is 28.4 Å². The summed E-state index contributed by atoms with van der Waals surface area (Å²) < 4.78 is 31.8. The molecule has 4 rings (SSSR count). The minimum absolute atomic E-state index is 0.0521. The summed E-state index contributed by atoms with van der Waals surface area (Å²) >= 11 is 0. The highest BCUT2D eigenvalue weighted by Crippen LogP contribution is 2.33. The summed E-state index contributed by atoms with van der Waals surface area (Å²) in [7, 11) is 8.63. The average molecular weight is 599 g/mol. The molecule has 0 aliphatic rings. The van der Waals surface area contributed by atoms with Crippen molar-refractivity contribution < 1.29 is 47.6 Å². The maximum atomic E-state index is 13.4. The Labute approximate surface area is 254 Å². The van der Waals surface area contributed by atoms with E-state index in [-0.39, 0.29) is 22.3 Å². The zero-order valence-electron chi connectivity index (χ0n) is 25.0. The molecule has 0 atom stereocenters. The highest BCUT2D eigenvalue weighted by atomic mass is 16.5. The Kier molecular flexibility index (Phi) is 9.64. The number of Topliss-reactive ketones (excluding diaryl/α,β-unsaturated/α-hetero) is 4. The summed E-state index contributed by atoms with van der Waals surface area (Å²) in [4.78, 5) is 53.1. The van der Waals surface area contributed by atoms with Crippen LogP contribution >= 0.6 is 0 Å². The predicted octanol–water partition coefficient (Wildman–Crippen LogP) is 5.54. The van der Waals surface area contributed by atoms with Crippen molar-refractivity contribution in [3.8, 4) is 45.6 Å². The molecule has 0 amide bonds. The molecule has 0 heterocycles. The molecule has 0 fully saturated rings. The van der Waals surface area contributed by atoms with E-state index in [9.17, 15) is 19.2 Å². The van der Waals surface area contributed by atoms with Crippen LogP contribution in [-0.4, -0.2) is 65.8 Å². The van der Waals surface area contributed by atoms with Crippen LogP contribution in [0.3, 0.4) is 0 Å². The van der Waals surface area contributed by atoms with Gasteiger partial charge in [-0.1, -0.05) is 0 Å². The van der Waals surface area contributed by atoms with Crippen molar-refractivity contribution in [1.82, 2.24) is 0 Å². The number of hydrogen-bond acceptors (Lipinski definition) is 10. The third-order valence-corrected chi connectivity index (χ3v) is 6.85. The molecule has 0 bridgehead atoms. The van der Waals surface area contributed by atoms with E-state index < -0.39 is 23.1 Å². The quantitative estimate of drug-likeness (QED) is 0.143. The van der Waals surface area contributed by atoms with Gasteiger partial charge in [-0.25, -0.2) is 0 Å². The normalized spacial score (nSPS) is 10.4. The molecule has 0 aromatic heterocycles. The number of carbonyl (C=O) groups excluding carboxylic acids is 4. The summed E-state index contributed by atoms with van der Waals surface area (Å²) in [5.41, 5.74) is 1.21. The van der Waals surface area contributed by atoms with E-state index in [2.05, 4.69) is 0 Å². The molecule has 0 saturated carbocycles. The first-order valence-corrected chi connectivity index (χ1v) is 13.2. The number of carbonyl (C=O) groups is 4. The third-order valence-electron chi connectivity index (χ3n) is 6.85. The lowest BCUT2D eigenvalue weighted by molar-refractivity contribution is 0.0816. The van der Waals surface area contributed by atoms with Gasteiger partial charge in [-0.3, -0.25) is 19.2 Å². The number of rotatable bonds is 13. The van der Waals surface area contributed by atoms with Crippen molar-refractivity contribution in [3.63, 3.8) is 0 Å². The first-order valence-electron chi connectivity index (χ1n) is 13.2. The average Bonchev–Trinajstić information content (AvgIpc) is 3.08. The second-order valence-electron chi connectivity index (χ2n) is 9.36. The van der Waals surface area contributed by atoms with E-state index in [1.165, 1.54) is 103 Å². The lowest BCUT2D eigenvalue weighted by atomic mass is 9.94. The fourth-order valence-electron chi connectivity index (χ4n) is 4.51. The molecule has 10 heteroatoms. The van der Waals surface area contributed by atoms with Gasteiger partial charge in [0.1, 0.15) is 11.5 Å². The maximum absolute atomic E-state index is 13.4. The Balaban J connectivity index is 1.73. The molecule has 0 N–H and O–H groups in total. The van der Waals surface area contributed by atoms with Gasteiger partial charge in [0, 0.05) is 22.3 Å². The molecule has 44 heavy (non-hydrogen) atoms. The van der Waals surface area contributed by atoms with E-state index in [1.54, 1.807) is 12.1 Å². The second kappa shape index (κ2) is 13.6. The van der Waals surface area contributed by atoms with Gasteiger partial charge in [-0.2, -0.15) is 0 Å². The molecule has 0 saturated heterocycles. The first kappa shape index (κ1) is 31.3. The van der Waals surface area contributed by atoms with Gasteiger partial charge < -0.3 is 28.4 Å². The molecular weight excluding hydrogens is 568 g/mol. The molecule has 0 radical (unpaired) electrons. The SMILES string of the molecule is COc1cc(C(=O)C(=O)c2ccc(OC)c(OC)c2)cc(-c2cc(OC)cc(C(=O)C(=O)c3ccc(OC)c(OC)c3)c2)c1. The molecule has 4 aromatic rings. The smallest absolute Gasteiger partial charge is 0.233 e. The van der Waals surface area contributed by atoms with Gasteiger partial charge in [-0.05, 0) is 83.9 Å². The van der Waals surface area contributed by atoms with E-state index in [1.807, 2.05) is 0 Å². The van der Waals surface area contributed by atoms with Crippen LogP contribution in [0.15, 0.2) is 72.8 Å². The van der Waals surface area contributed by atoms with Gasteiger partial charge in [0.25, 0.3) is 0 Å². The number of ketones is 4. The molecule has 10 nitrogen and oxygen atoms in total. The highest BCUT2D eigenvalue weighted by molar-refractivity contribution is 6.50. The van der Waals surface area contributed by atoms with Crippen molar-refractivity contribution in [3.05, 3.63) is 95.1 Å². The van der Waals surface area contributed by atoms with Crippen LogP contribution in [0.25, 0.3) is 11.1 Å². The number of benzene rings is 4. The largest absolute Gasteiger partial charge is 0.497 e. The van der Waals surface area contributed by atoms with Gasteiger partial charge in [-0.15, -0.1) is 0 Å². The monoisotopic (exact) mass is 598 g/mol. The zero-order chi connectivity index (χ0) is 32.0. The van der Waals surface area contributed by atoms with Crippen molar-refractivity contribution in [2.24, 2.45) is 0 Å². The van der Waals surface area contributed by atoms with Gasteiger partial charge in [0.05, 0.1) is 42.7 Å². The van der Waals surface area contributed by atoms with E-state index in [0.29, 0.717) is 45.6 Å². The summed E-state index contributed by atoms with van der Waals surface area (Å²) in [5, 5.41) is 0. The van der Waals surface area contributed by atoms with Crippen molar-refractivity contribution in [1.29, 1.82) is 0 Å². The summed E-state index contributed by atoms with van der Waals surface area (Å²) in [6, 6.07) is 18.0. The lowest BCUT2D eigenvalue weighted by Gasteiger charge is -2.13.